The maximum Gasteiger partial charge on any atom is 0.271 e. The Morgan fingerprint density at radius 2 is 0.889 bits per heavy atom. The molecule has 0 spiro atoms. The standard InChI is InChI=1S/C29H23N5O3.C29H25N5O/c1-33-16-13-21(14-17-33)18-20-2-6-24(7-3-20)32-29(35)22-4-8-23(9-5-22)31-27-12-15-30-28-19-25(34(36)37)10-11-26(27)28;1-34-16-13-21(14-17-34)18-20-2-7-25(8-3-20)33-29(35)22-4-9-24(10-5-22)32-27-12-15-31-28-19-23(30)6-11-26(27)28/h2-17,19H,18H2,1H3,(H-,30,31,32,35);2-17,19H,18H2,1H3,(H3-,30,31,32,33,35)/p+2. The van der Waals surface area contributed by atoms with E-state index in [4.69, 9.17) is 5.73 Å². The van der Waals surface area contributed by atoms with Crippen LogP contribution in [0.4, 0.5) is 45.5 Å². The van der Waals surface area contributed by atoms with Gasteiger partial charge in [-0.2, -0.15) is 0 Å². The van der Waals surface area contributed by atoms with E-state index in [-0.39, 0.29) is 17.5 Å². The molecule has 0 aliphatic heterocycles. The van der Waals surface area contributed by atoms with Crippen LogP contribution in [0, 0.1) is 10.1 Å². The number of hydrogen-bond donors (Lipinski definition) is 5. The maximum absolute atomic E-state index is 12.8. The van der Waals surface area contributed by atoms with Gasteiger partial charge in [0, 0.05) is 111 Å². The van der Waals surface area contributed by atoms with Gasteiger partial charge in [-0.05, 0) is 144 Å². The quantitative estimate of drug-likeness (QED) is 0.0325. The summed E-state index contributed by atoms with van der Waals surface area (Å²) in [5.41, 5.74) is 18.7. The monoisotopic (exact) mass is 950 g/mol. The molecule has 0 unspecified atom stereocenters. The number of amides is 2. The fourth-order valence-corrected chi connectivity index (χ4v) is 7.94. The summed E-state index contributed by atoms with van der Waals surface area (Å²) in [5.74, 6) is -0.346. The molecule has 0 aliphatic carbocycles. The number of nitrogen functional groups attached to an aromatic ring is 1. The number of non-ortho nitro benzene ring substituents is 1. The number of anilines is 7. The Morgan fingerprint density at radius 3 is 1.32 bits per heavy atom. The third-order valence-corrected chi connectivity index (χ3v) is 11.9. The summed E-state index contributed by atoms with van der Waals surface area (Å²) in [5, 5.41) is 25.4. The molecule has 14 nitrogen and oxygen atoms in total. The maximum atomic E-state index is 12.8. The van der Waals surface area contributed by atoms with Crippen LogP contribution < -0.4 is 36.1 Å². The zero-order valence-corrected chi connectivity index (χ0v) is 39.5. The molecule has 0 radical (unpaired) electrons. The first-order chi connectivity index (χ1) is 35.0. The lowest BCUT2D eigenvalue weighted by Gasteiger charge is -2.11. The largest absolute Gasteiger partial charge is 0.399 e. The third kappa shape index (κ3) is 12.1. The number of rotatable bonds is 13. The van der Waals surface area contributed by atoms with Crippen LogP contribution in [0.3, 0.4) is 0 Å². The normalized spacial score (nSPS) is 10.8. The molecule has 0 saturated heterocycles. The first-order valence-corrected chi connectivity index (χ1v) is 23.1. The Bertz CT molecular complexity index is 3540. The summed E-state index contributed by atoms with van der Waals surface area (Å²) in [7, 11) is 4.00. The SMILES string of the molecule is C[n+]1ccc(Cc2ccc(NC(=O)c3ccc(Nc4ccnc5cc(N)ccc45)cc3)cc2)cc1.C[n+]1ccc(Cc2ccc(NC(=O)c3ccc(Nc4ccnc5cc([N+](=O)[O-])ccc45)cc3)cc2)cc1. The number of benzene rings is 6. The van der Waals surface area contributed by atoms with Gasteiger partial charge >= 0.3 is 0 Å². The average Bonchev–Trinajstić information content (AvgIpc) is 3.39. The molecule has 6 N–H and O–H groups in total. The van der Waals surface area contributed by atoms with E-state index in [2.05, 4.69) is 55.5 Å². The Morgan fingerprint density at radius 1 is 0.500 bits per heavy atom. The van der Waals surface area contributed by atoms with E-state index in [1.165, 1.54) is 34.4 Å². The molecule has 10 aromatic rings. The number of aryl methyl sites for hydroxylation is 2. The predicted octanol–water partition coefficient (Wildman–Crippen LogP) is 10.8. The Hall–Kier alpha value is -9.82. The lowest BCUT2D eigenvalue weighted by molar-refractivity contribution is -0.671. The van der Waals surface area contributed by atoms with Gasteiger partial charge in [-0.25, -0.2) is 9.13 Å². The summed E-state index contributed by atoms with van der Waals surface area (Å²) in [6.07, 6.45) is 13.2. The molecule has 4 heterocycles. The molecule has 0 atom stereocenters. The summed E-state index contributed by atoms with van der Waals surface area (Å²) in [6, 6.07) is 52.7. The fraction of sp³-hybridized carbons (Fsp3) is 0.0690. The van der Waals surface area contributed by atoms with Crippen LogP contribution in [-0.4, -0.2) is 26.7 Å². The second kappa shape index (κ2) is 21.6. The van der Waals surface area contributed by atoms with Gasteiger partial charge in [-0.1, -0.05) is 24.3 Å². The van der Waals surface area contributed by atoms with Gasteiger partial charge < -0.3 is 27.0 Å². The summed E-state index contributed by atoms with van der Waals surface area (Å²) in [6.45, 7) is 0. The van der Waals surface area contributed by atoms with E-state index < -0.39 is 4.92 Å². The average molecular weight is 951 g/mol. The lowest BCUT2D eigenvalue weighted by Crippen LogP contribution is -2.25. The molecule has 0 saturated carbocycles. The highest BCUT2D eigenvalue weighted by Gasteiger charge is 2.12. The zero-order chi connectivity index (χ0) is 50.0. The molecule has 14 heteroatoms. The van der Waals surface area contributed by atoms with Crippen molar-refractivity contribution >= 4 is 79.1 Å². The number of nitro groups is 1. The second-order valence-electron chi connectivity index (χ2n) is 17.3. The molecule has 0 aliphatic rings. The van der Waals surface area contributed by atoms with Gasteiger partial charge in [0.05, 0.1) is 16.0 Å². The van der Waals surface area contributed by atoms with Gasteiger partial charge in [0.15, 0.2) is 24.8 Å². The van der Waals surface area contributed by atoms with E-state index >= 15 is 0 Å². The second-order valence-corrected chi connectivity index (χ2v) is 17.3. The lowest BCUT2D eigenvalue weighted by atomic mass is 10.1. The van der Waals surface area contributed by atoms with Crippen molar-refractivity contribution in [3.8, 4) is 0 Å². The molecule has 2 amide bonds. The summed E-state index contributed by atoms with van der Waals surface area (Å²) >= 11 is 0. The minimum Gasteiger partial charge on any atom is -0.399 e. The highest BCUT2D eigenvalue weighted by Crippen LogP contribution is 2.29. The van der Waals surface area contributed by atoms with Gasteiger partial charge in [0.1, 0.15) is 14.1 Å². The smallest absolute Gasteiger partial charge is 0.271 e. The van der Waals surface area contributed by atoms with Crippen LogP contribution in [0.15, 0.2) is 207 Å². The van der Waals surface area contributed by atoms with Gasteiger partial charge in [-0.3, -0.25) is 29.7 Å². The molecule has 4 aromatic heterocycles. The van der Waals surface area contributed by atoms with Crippen molar-refractivity contribution in [3.05, 3.63) is 251 Å². The van der Waals surface area contributed by atoms with Crippen LogP contribution in [0.5, 0.6) is 0 Å². The molecule has 72 heavy (non-hydrogen) atoms. The highest BCUT2D eigenvalue weighted by atomic mass is 16.6. The highest BCUT2D eigenvalue weighted by molar-refractivity contribution is 6.05. The number of carbonyl (C=O) groups excluding carboxylic acids is 2. The first-order valence-electron chi connectivity index (χ1n) is 23.1. The van der Waals surface area contributed by atoms with Crippen LogP contribution in [0.1, 0.15) is 43.0 Å². The molecule has 10 rings (SSSR count). The van der Waals surface area contributed by atoms with E-state index in [0.717, 1.165) is 63.3 Å². The van der Waals surface area contributed by atoms with Crippen molar-refractivity contribution < 1.29 is 23.6 Å². The number of carbonyl (C=O) groups is 2. The molecular formula is C58H50N10O4+2. The zero-order valence-electron chi connectivity index (χ0n) is 39.5. The van der Waals surface area contributed by atoms with Crippen molar-refractivity contribution in [1.82, 2.24) is 9.97 Å². The molecule has 0 bridgehead atoms. The van der Waals surface area contributed by atoms with E-state index in [9.17, 15) is 19.7 Å². The minimum atomic E-state index is -0.440. The Kier molecular flexibility index (Phi) is 14.2. The topological polar surface area (TPSA) is 185 Å². The van der Waals surface area contributed by atoms with Crippen molar-refractivity contribution in [1.29, 1.82) is 0 Å². The number of hydrogen-bond acceptors (Lipinski definition) is 9. The van der Waals surface area contributed by atoms with Crippen LogP contribution in [0.25, 0.3) is 21.8 Å². The molecule has 354 valence electrons. The van der Waals surface area contributed by atoms with E-state index in [1.807, 2.05) is 157 Å². The summed E-state index contributed by atoms with van der Waals surface area (Å²) in [4.78, 5) is 44.7. The van der Waals surface area contributed by atoms with Crippen LogP contribution >= 0.6 is 0 Å². The van der Waals surface area contributed by atoms with Gasteiger partial charge in [0.25, 0.3) is 17.5 Å². The number of aromatic nitrogens is 4. The third-order valence-electron chi connectivity index (χ3n) is 11.9. The Balaban J connectivity index is 0.000000178. The van der Waals surface area contributed by atoms with E-state index in [1.54, 1.807) is 36.7 Å². The number of nitrogens with zero attached hydrogens (tertiary/aromatic N) is 5. The predicted molar refractivity (Wildman–Crippen MR) is 284 cm³/mol. The van der Waals surface area contributed by atoms with Crippen molar-refractivity contribution in [2.45, 2.75) is 12.8 Å². The Labute approximate surface area is 415 Å². The van der Waals surface area contributed by atoms with Crippen molar-refractivity contribution in [2.75, 3.05) is 27.0 Å². The van der Waals surface area contributed by atoms with E-state index in [0.29, 0.717) is 22.3 Å². The first kappa shape index (κ1) is 47.3. The molecule has 0 fully saturated rings. The van der Waals surface area contributed by atoms with Gasteiger partial charge in [-0.15, -0.1) is 0 Å². The number of pyridine rings is 4. The molecular weight excluding hydrogens is 901 g/mol. The van der Waals surface area contributed by atoms with Crippen LogP contribution in [-0.2, 0) is 26.9 Å². The van der Waals surface area contributed by atoms with Crippen molar-refractivity contribution in [3.63, 3.8) is 0 Å². The number of nitrogens with one attached hydrogen (secondary N) is 4. The minimum absolute atomic E-state index is 0.00685. The van der Waals surface area contributed by atoms with Gasteiger partial charge in [0.2, 0.25) is 0 Å². The number of fused-ring (bicyclic) bond motifs is 2. The number of nitro benzene ring substituents is 1. The van der Waals surface area contributed by atoms with Crippen LogP contribution in [0.2, 0.25) is 0 Å². The fourth-order valence-electron chi connectivity index (χ4n) is 7.94. The summed E-state index contributed by atoms with van der Waals surface area (Å²) < 4.78 is 4.02. The molecule has 6 aromatic carbocycles. The van der Waals surface area contributed by atoms with Crippen molar-refractivity contribution in [2.24, 2.45) is 14.1 Å². The number of nitrogens with two attached hydrogens (primary N) is 1.